The summed E-state index contributed by atoms with van der Waals surface area (Å²) < 4.78 is 1.93. The van der Waals surface area contributed by atoms with Crippen molar-refractivity contribution in [1.29, 1.82) is 0 Å². The third-order valence-corrected chi connectivity index (χ3v) is 5.39. The first kappa shape index (κ1) is 22.6. The first-order valence-corrected chi connectivity index (χ1v) is 10.8. The van der Waals surface area contributed by atoms with Gasteiger partial charge >= 0.3 is 0 Å². The molecule has 2 aromatic rings. The molecular weight excluding hydrogens is 340 g/mol. The molecule has 0 N–H and O–H groups in total. The fourth-order valence-corrected chi connectivity index (χ4v) is 4.14. The molecule has 0 amide bonds. The predicted octanol–water partition coefficient (Wildman–Crippen LogP) is 5.79. The van der Waals surface area contributed by atoms with Gasteiger partial charge in [-0.1, -0.05) is 50.2 Å². The standard InChI is InChI=1S/C26H42N2/c1-9-24(26-15-11-13-23(18-26)20-28(6,7)8)16-21(2)25-14-10-12-22(17-25)19-27(3,4)5/h10-15,17-18,21,24H,9,16,19-20H2,1-8H3/q+2. The van der Waals surface area contributed by atoms with Crippen LogP contribution in [0.15, 0.2) is 48.5 Å². The van der Waals surface area contributed by atoms with Crippen LogP contribution in [0.2, 0.25) is 0 Å². The van der Waals surface area contributed by atoms with Crippen molar-refractivity contribution in [2.75, 3.05) is 42.3 Å². The normalized spacial score (nSPS) is 14.7. The lowest BCUT2D eigenvalue weighted by atomic mass is 9.84. The van der Waals surface area contributed by atoms with E-state index < -0.39 is 0 Å². The van der Waals surface area contributed by atoms with Crippen LogP contribution in [0.25, 0.3) is 0 Å². The van der Waals surface area contributed by atoms with E-state index >= 15 is 0 Å². The molecule has 0 saturated carbocycles. The van der Waals surface area contributed by atoms with Gasteiger partial charge in [0, 0.05) is 11.1 Å². The molecule has 0 aliphatic carbocycles. The van der Waals surface area contributed by atoms with Gasteiger partial charge in [-0.3, -0.25) is 0 Å². The highest BCUT2D eigenvalue weighted by Gasteiger charge is 2.18. The van der Waals surface area contributed by atoms with Gasteiger partial charge in [-0.25, -0.2) is 0 Å². The summed E-state index contributed by atoms with van der Waals surface area (Å²) in [5, 5.41) is 0. The molecule has 28 heavy (non-hydrogen) atoms. The molecule has 0 aliphatic heterocycles. The molecule has 2 atom stereocenters. The number of benzene rings is 2. The van der Waals surface area contributed by atoms with Gasteiger partial charge in [-0.15, -0.1) is 0 Å². The van der Waals surface area contributed by atoms with Crippen molar-refractivity contribution in [3.8, 4) is 0 Å². The predicted molar refractivity (Wildman–Crippen MR) is 122 cm³/mol. The monoisotopic (exact) mass is 382 g/mol. The lowest BCUT2D eigenvalue weighted by Gasteiger charge is -2.26. The Balaban J connectivity index is 2.14. The van der Waals surface area contributed by atoms with E-state index in [9.17, 15) is 0 Å². The lowest BCUT2D eigenvalue weighted by Crippen LogP contribution is -2.33. The van der Waals surface area contributed by atoms with E-state index in [0.29, 0.717) is 11.8 Å². The highest BCUT2D eigenvalue weighted by molar-refractivity contribution is 5.29. The number of nitrogens with zero attached hydrogens (tertiary/aromatic N) is 2. The van der Waals surface area contributed by atoms with Gasteiger partial charge in [0.1, 0.15) is 13.1 Å². The summed E-state index contributed by atoms with van der Waals surface area (Å²) in [5.74, 6) is 1.18. The average molecular weight is 383 g/mol. The van der Waals surface area contributed by atoms with Crippen molar-refractivity contribution in [3.63, 3.8) is 0 Å². The molecule has 0 bridgehead atoms. The summed E-state index contributed by atoms with van der Waals surface area (Å²) >= 11 is 0. The Labute approximate surface area is 174 Å². The molecule has 0 fully saturated rings. The van der Waals surface area contributed by atoms with Crippen LogP contribution in [0.1, 0.15) is 60.8 Å². The van der Waals surface area contributed by atoms with Gasteiger partial charge in [-0.05, 0) is 47.9 Å². The zero-order chi connectivity index (χ0) is 20.9. The van der Waals surface area contributed by atoms with E-state index in [1.807, 2.05) is 0 Å². The van der Waals surface area contributed by atoms with Crippen molar-refractivity contribution < 1.29 is 8.97 Å². The van der Waals surface area contributed by atoms with Crippen LogP contribution in [0.4, 0.5) is 0 Å². The summed E-state index contributed by atoms with van der Waals surface area (Å²) in [6, 6.07) is 18.5. The number of hydrogen-bond acceptors (Lipinski definition) is 0. The summed E-state index contributed by atoms with van der Waals surface area (Å²) in [4.78, 5) is 0. The molecule has 0 heterocycles. The molecule has 0 spiro atoms. The molecule has 2 unspecified atom stereocenters. The third-order valence-electron chi connectivity index (χ3n) is 5.39. The van der Waals surface area contributed by atoms with E-state index in [-0.39, 0.29) is 0 Å². The van der Waals surface area contributed by atoms with Gasteiger partial charge in [-0.2, -0.15) is 0 Å². The zero-order valence-corrected chi connectivity index (χ0v) is 19.5. The summed E-state index contributed by atoms with van der Waals surface area (Å²) in [5.41, 5.74) is 5.87. The summed E-state index contributed by atoms with van der Waals surface area (Å²) in [6.07, 6.45) is 2.40. The van der Waals surface area contributed by atoms with Crippen LogP contribution in [0.3, 0.4) is 0 Å². The highest BCUT2D eigenvalue weighted by atomic mass is 15.3. The third kappa shape index (κ3) is 7.41. The highest BCUT2D eigenvalue weighted by Crippen LogP contribution is 2.33. The van der Waals surface area contributed by atoms with E-state index in [4.69, 9.17) is 0 Å². The minimum Gasteiger partial charge on any atom is -0.327 e. The van der Waals surface area contributed by atoms with Crippen LogP contribution in [0, 0.1) is 0 Å². The number of quaternary nitrogens is 2. The molecule has 2 heteroatoms. The van der Waals surface area contributed by atoms with Crippen LogP contribution >= 0.6 is 0 Å². The van der Waals surface area contributed by atoms with E-state index in [1.165, 1.54) is 35.1 Å². The first-order valence-electron chi connectivity index (χ1n) is 10.8. The molecule has 0 aliphatic rings. The van der Waals surface area contributed by atoms with Gasteiger partial charge in [0.15, 0.2) is 0 Å². The maximum atomic E-state index is 2.44. The van der Waals surface area contributed by atoms with Crippen molar-refractivity contribution in [2.24, 2.45) is 0 Å². The maximum absolute atomic E-state index is 2.44. The Kier molecular flexibility index (Phi) is 7.47. The molecule has 2 nitrogen and oxygen atoms in total. The largest absolute Gasteiger partial charge is 0.327 e. The van der Waals surface area contributed by atoms with E-state index in [1.54, 1.807) is 0 Å². The summed E-state index contributed by atoms with van der Waals surface area (Å²) in [7, 11) is 13.5. The number of rotatable bonds is 9. The fraction of sp³-hybridized carbons (Fsp3) is 0.538. The van der Waals surface area contributed by atoms with Crippen LogP contribution in [0.5, 0.6) is 0 Å². The molecule has 2 rings (SSSR count). The van der Waals surface area contributed by atoms with Gasteiger partial charge < -0.3 is 8.97 Å². The van der Waals surface area contributed by atoms with Crippen LogP contribution < -0.4 is 0 Å². The topological polar surface area (TPSA) is 0 Å². The maximum Gasteiger partial charge on any atom is 0.104 e. The summed E-state index contributed by atoms with van der Waals surface area (Å²) in [6.45, 7) is 6.87. The molecule has 2 aromatic carbocycles. The Morgan fingerprint density at radius 2 is 1.18 bits per heavy atom. The van der Waals surface area contributed by atoms with Crippen molar-refractivity contribution in [3.05, 3.63) is 70.8 Å². The SMILES string of the molecule is CCC(CC(C)c1cccc(C[N+](C)(C)C)c1)c1cccc(C[N+](C)(C)C)c1. The second-order valence-electron chi connectivity index (χ2n) is 10.6. The first-order chi connectivity index (χ1) is 13.0. The minimum atomic E-state index is 0.569. The van der Waals surface area contributed by atoms with Gasteiger partial charge in [0.2, 0.25) is 0 Å². The lowest BCUT2D eigenvalue weighted by molar-refractivity contribution is -0.884. The molecule has 0 radical (unpaired) electrons. The Hall–Kier alpha value is -1.64. The van der Waals surface area contributed by atoms with Crippen LogP contribution in [-0.2, 0) is 13.1 Å². The molecule has 0 aromatic heterocycles. The zero-order valence-electron chi connectivity index (χ0n) is 19.5. The molecule has 154 valence electrons. The smallest absolute Gasteiger partial charge is 0.104 e. The Morgan fingerprint density at radius 3 is 1.64 bits per heavy atom. The van der Waals surface area contributed by atoms with Crippen molar-refractivity contribution in [1.82, 2.24) is 0 Å². The number of hydrogen-bond donors (Lipinski definition) is 0. The minimum absolute atomic E-state index is 0.569. The average Bonchev–Trinajstić information content (AvgIpc) is 2.57. The quantitative estimate of drug-likeness (QED) is 0.482. The molecular formula is C26H42N2+2. The van der Waals surface area contributed by atoms with Crippen molar-refractivity contribution in [2.45, 2.75) is 51.6 Å². The molecule has 0 saturated heterocycles. The van der Waals surface area contributed by atoms with Crippen molar-refractivity contribution >= 4 is 0 Å². The van der Waals surface area contributed by atoms with Crippen LogP contribution in [-0.4, -0.2) is 51.3 Å². The van der Waals surface area contributed by atoms with Gasteiger partial charge in [0.25, 0.3) is 0 Å². The Morgan fingerprint density at radius 1 is 0.714 bits per heavy atom. The Bertz CT molecular complexity index is 750. The van der Waals surface area contributed by atoms with E-state index in [2.05, 4.69) is 105 Å². The fourth-order valence-electron chi connectivity index (χ4n) is 4.14. The van der Waals surface area contributed by atoms with E-state index in [0.717, 1.165) is 22.1 Å². The second kappa shape index (κ2) is 9.24. The van der Waals surface area contributed by atoms with Gasteiger partial charge in [0.05, 0.1) is 42.3 Å². The second-order valence-corrected chi connectivity index (χ2v) is 10.6.